The molecule has 3 atom stereocenters. The highest BCUT2D eigenvalue weighted by Crippen LogP contribution is 2.43. The number of unbranched alkanes of at least 4 members (excludes halogenated alkanes) is 20. The van der Waals surface area contributed by atoms with Gasteiger partial charge in [0.05, 0.1) is 19.8 Å². The molecular formula is C54H94NO9P. The zero-order chi connectivity index (χ0) is 47.6. The number of carboxylic acids is 1. The Kier molecular flexibility index (Phi) is 46.9. The molecule has 0 fully saturated rings. The summed E-state index contributed by atoms with van der Waals surface area (Å²) in [5.41, 5.74) is 5.37. The van der Waals surface area contributed by atoms with E-state index in [1.165, 1.54) is 89.9 Å². The molecular weight excluding hydrogens is 838 g/mol. The van der Waals surface area contributed by atoms with Crippen LogP contribution in [-0.4, -0.2) is 60.5 Å². The van der Waals surface area contributed by atoms with Crippen LogP contribution in [0.4, 0.5) is 0 Å². The maximum absolute atomic E-state index is 12.7. The van der Waals surface area contributed by atoms with E-state index in [0.717, 1.165) is 89.9 Å². The third-order valence-electron chi connectivity index (χ3n) is 10.7. The first-order valence-corrected chi connectivity index (χ1v) is 27.1. The van der Waals surface area contributed by atoms with Crippen molar-refractivity contribution in [2.75, 3.05) is 26.4 Å². The molecule has 3 unspecified atom stereocenters. The van der Waals surface area contributed by atoms with Gasteiger partial charge in [-0.3, -0.25) is 18.6 Å². The van der Waals surface area contributed by atoms with Gasteiger partial charge in [-0.15, -0.1) is 0 Å². The number of carboxylic acid groups (broad SMARTS) is 1. The van der Waals surface area contributed by atoms with Gasteiger partial charge in [0.2, 0.25) is 0 Å². The molecule has 0 spiro atoms. The molecule has 0 aromatic carbocycles. The quantitative estimate of drug-likeness (QED) is 0.0232. The summed E-state index contributed by atoms with van der Waals surface area (Å²) in [6, 6.07) is -1.48. The van der Waals surface area contributed by atoms with Gasteiger partial charge >= 0.3 is 19.8 Å². The van der Waals surface area contributed by atoms with Crippen molar-refractivity contribution in [3.63, 3.8) is 0 Å². The van der Waals surface area contributed by atoms with E-state index >= 15 is 0 Å². The molecule has 0 saturated heterocycles. The second-order valence-electron chi connectivity index (χ2n) is 16.9. The van der Waals surface area contributed by atoms with E-state index in [1.807, 2.05) is 0 Å². The minimum absolute atomic E-state index is 0.00226. The molecule has 0 aromatic heterocycles. The van der Waals surface area contributed by atoms with Crippen LogP contribution in [0.25, 0.3) is 0 Å². The number of allylic oxidation sites excluding steroid dienone is 14. The monoisotopic (exact) mass is 932 g/mol. The van der Waals surface area contributed by atoms with Crippen molar-refractivity contribution in [1.82, 2.24) is 0 Å². The molecule has 65 heavy (non-hydrogen) atoms. The van der Waals surface area contributed by atoms with E-state index in [0.29, 0.717) is 13.0 Å². The Morgan fingerprint density at radius 3 is 1.34 bits per heavy atom. The van der Waals surface area contributed by atoms with Crippen molar-refractivity contribution in [3.05, 3.63) is 85.1 Å². The molecule has 0 heterocycles. The highest BCUT2D eigenvalue weighted by atomic mass is 31.2. The van der Waals surface area contributed by atoms with Crippen LogP contribution in [0.1, 0.15) is 206 Å². The average Bonchev–Trinajstić information content (AvgIpc) is 3.29. The second kappa shape index (κ2) is 49.1. The standard InChI is InChI=1S/C54H94NO9P/c1-3-5-7-9-11-13-15-17-19-21-23-25-27-29-31-33-35-37-39-41-43-45-47-61-48-51(49-62-65(59,60)63-50-52(55)54(57)58)64-53(56)46-44-42-40-38-36-34-32-30-28-26-24-22-20-18-16-14-12-10-8-6-4-2/h6,8,12,14-15,17-18,20-21,23-24,26,30,32,51-52H,3-5,7,9-11,13,16,19,22,25,27-29,31,33-50,55H2,1-2H3,(H,57,58)(H,59,60)/b8-6-,14-12-,17-15-,20-18-,23-21-,26-24-,32-30-. The topological polar surface area (TPSA) is 155 Å². The van der Waals surface area contributed by atoms with Crippen molar-refractivity contribution in [2.45, 2.75) is 219 Å². The van der Waals surface area contributed by atoms with Crippen molar-refractivity contribution in [2.24, 2.45) is 5.73 Å². The smallest absolute Gasteiger partial charge is 0.472 e. The van der Waals surface area contributed by atoms with Crippen LogP contribution in [-0.2, 0) is 32.7 Å². The van der Waals surface area contributed by atoms with E-state index < -0.39 is 45.1 Å². The number of carbonyl (C=O) groups is 2. The lowest BCUT2D eigenvalue weighted by Gasteiger charge is -2.20. The molecule has 11 heteroatoms. The van der Waals surface area contributed by atoms with Gasteiger partial charge in [0.1, 0.15) is 12.1 Å². The molecule has 0 rings (SSSR count). The molecule has 0 radical (unpaired) electrons. The van der Waals surface area contributed by atoms with E-state index in [1.54, 1.807) is 0 Å². The van der Waals surface area contributed by atoms with Gasteiger partial charge in [-0.2, -0.15) is 0 Å². The largest absolute Gasteiger partial charge is 0.480 e. The number of rotatable bonds is 48. The number of carbonyl (C=O) groups excluding carboxylic acids is 1. The lowest BCUT2D eigenvalue weighted by molar-refractivity contribution is -0.154. The number of esters is 1. The minimum atomic E-state index is -4.63. The average molecular weight is 932 g/mol. The summed E-state index contributed by atoms with van der Waals surface area (Å²) in [5, 5.41) is 8.93. The van der Waals surface area contributed by atoms with Gasteiger partial charge in [-0.25, -0.2) is 4.57 Å². The highest BCUT2D eigenvalue weighted by molar-refractivity contribution is 7.47. The Morgan fingerprint density at radius 1 is 0.508 bits per heavy atom. The van der Waals surface area contributed by atoms with Crippen LogP contribution in [0.5, 0.6) is 0 Å². The fourth-order valence-electron chi connectivity index (χ4n) is 6.72. The third-order valence-corrected chi connectivity index (χ3v) is 11.6. The lowest BCUT2D eigenvalue weighted by atomic mass is 10.1. The molecule has 0 saturated carbocycles. The number of hydrogen-bond donors (Lipinski definition) is 3. The van der Waals surface area contributed by atoms with Crippen molar-refractivity contribution >= 4 is 19.8 Å². The molecule has 0 aliphatic rings. The van der Waals surface area contributed by atoms with Crippen LogP contribution in [0.2, 0.25) is 0 Å². The maximum atomic E-state index is 12.7. The first-order valence-electron chi connectivity index (χ1n) is 25.6. The molecule has 0 aromatic rings. The van der Waals surface area contributed by atoms with Crippen LogP contribution < -0.4 is 5.73 Å². The molecule has 4 N–H and O–H groups in total. The van der Waals surface area contributed by atoms with Gasteiger partial charge in [0.25, 0.3) is 0 Å². The maximum Gasteiger partial charge on any atom is 0.472 e. The first kappa shape index (κ1) is 62.1. The van der Waals surface area contributed by atoms with Crippen molar-refractivity contribution < 1.29 is 42.7 Å². The van der Waals surface area contributed by atoms with E-state index in [-0.39, 0.29) is 13.0 Å². The van der Waals surface area contributed by atoms with Crippen LogP contribution in [0.3, 0.4) is 0 Å². The summed E-state index contributed by atoms with van der Waals surface area (Å²) < 4.78 is 33.5. The predicted molar refractivity (Wildman–Crippen MR) is 272 cm³/mol. The zero-order valence-corrected chi connectivity index (χ0v) is 42.0. The highest BCUT2D eigenvalue weighted by Gasteiger charge is 2.27. The predicted octanol–water partition coefficient (Wildman–Crippen LogP) is 15.1. The number of phosphoric ester groups is 1. The van der Waals surface area contributed by atoms with E-state index in [2.05, 4.69) is 98.9 Å². The van der Waals surface area contributed by atoms with Gasteiger partial charge in [0, 0.05) is 13.0 Å². The summed E-state index contributed by atoms with van der Waals surface area (Å²) in [5.74, 6) is -1.80. The summed E-state index contributed by atoms with van der Waals surface area (Å²) in [4.78, 5) is 33.7. The molecule has 0 bridgehead atoms. The van der Waals surface area contributed by atoms with Crippen LogP contribution in [0, 0.1) is 0 Å². The summed E-state index contributed by atoms with van der Waals surface area (Å²) in [7, 11) is -4.63. The summed E-state index contributed by atoms with van der Waals surface area (Å²) in [6.07, 6.45) is 63.5. The number of hydrogen-bond acceptors (Lipinski definition) is 8. The van der Waals surface area contributed by atoms with Crippen molar-refractivity contribution in [3.8, 4) is 0 Å². The molecule has 10 nitrogen and oxygen atoms in total. The molecule has 0 amide bonds. The van der Waals surface area contributed by atoms with Gasteiger partial charge in [-0.05, 0) is 89.9 Å². The number of nitrogens with two attached hydrogens (primary N) is 1. The van der Waals surface area contributed by atoms with E-state index in [9.17, 15) is 19.0 Å². The first-order chi connectivity index (χ1) is 31.7. The Labute approximate surface area is 397 Å². The Balaban J connectivity index is 4.21. The Hall–Kier alpha value is -2.85. The zero-order valence-electron chi connectivity index (χ0n) is 41.1. The fraction of sp³-hybridized carbons (Fsp3) is 0.704. The van der Waals surface area contributed by atoms with Crippen molar-refractivity contribution in [1.29, 1.82) is 0 Å². The van der Waals surface area contributed by atoms with Gasteiger partial charge in [0.15, 0.2) is 0 Å². The minimum Gasteiger partial charge on any atom is -0.480 e. The van der Waals surface area contributed by atoms with Gasteiger partial charge in [-0.1, -0.05) is 195 Å². The molecule has 0 aliphatic heterocycles. The fourth-order valence-corrected chi connectivity index (χ4v) is 7.50. The Morgan fingerprint density at radius 2 is 0.892 bits per heavy atom. The summed E-state index contributed by atoms with van der Waals surface area (Å²) in [6.45, 7) is 3.73. The van der Waals surface area contributed by atoms with Crippen LogP contribution in [0.15, 0.2) is 85.1 Å². The lowest BCUT2D eigenvalue weighted by Crippen LogP contribution is -2.34. The number of aliphatic carboxylic acids is 1. The number of ether oxygens (including phenoxy) is 2. The van der Waals surface area contributed by atoms with E-state index in [4.69, 9.17) is 29.4 Å². The SMILES string of the molecule is CC/C=C\C/C=C\C/C=C\C/C=C\C/C=C\CCCCCCCC(=O)OC(COCCCCCCCCCCCC/C=C\C/C=C\CCCCCCC)COP(=O)(O)OCC(N)C(=O)O. The molecule has 0 aliphatic carbocycles. The second-order valence-corrected chi connectivity index (χ2v) is 18.4. The third kappa shape index (κ3) is 48.9. The van der Waals surface area contributed by atoms with Gasteiger partial charge < -0.3 is 25.2 Å². The summed E-state index contributed by atoms with van der Waals surface area (Å²) >= 11 is 0. The molecule has 374 valence electrons. The Bertz CT molecular complexity index is 1360. The normalized spacial score (nSPS) is 14.4. The number of phosphoric acid groups is 1. The van der Waals surface area contributed by atoms with Crippen LogP contribution >= 0.6 is 7.82 Å².